The van der Waals surface area contributed by atoms with Crippen molar-refractivity contribution >= 4 is 11.7 Å². The number of nitrogens with zero attached hydrogens (tertiary/aromatic N) is 4. The molecule has 1 aliphatic rings. The summed E-state index contributed by atoms with van der Waals surface area (Å²) in [5, 5.41) is 0. The van der Waals surface area contributed by atoms with Crippen molar-refractivity contribution in [1.82, 2.24) is 9.55 Å². The first-order valence-electron chi connectivity index (χ1n) is 10.1. The summed E-state index contributed by atoms with van der Waals surface area (Å²) in [4.78, 5) is 11.9. The highest BCUT2D eigenvalue weighted by atomic mass is 15.3. The van der Waals surface area contributed by atoms with E-state index in [-0.39, 0.29) is 0 Å². The Labute approximate surface area is 176 Å². The van der Waals surface area contributed by atoms with Crippen molar-refractivity contribution in [3.63, 3.8) is 0 Å². The van der Waals surface area contributed by atoms with Gasteiger partial charge in [0.15, 0.2) is 5.82 Å². The molecule has 0 saturated heterocycles. The lowest BCUT2D eigenvalue weighted by molar-refractivity contribution is 0.764. The molecule has 148 valence electrons. The molecule has 0 radical (unpaired) electrons. The van der Waals surface area contributed by atoms with Crippen LogP contribution in [0.15, 0.2) is 96.0 Å². The number of fused-ring (bicyclic) bond motifs is 1. The summed E-state index contributed by atoms with van der Waals surface area (Å²) in [5.74, 6) is 2.34. The van der Waals surface area contributed by atoms with Crippen molar-refractivity contribution < 1.29 is 0 Å². The van der Waals surface area contributed by atoms with Gasteiger partial charge in [0.25, 0.3) is 0 Å². The van der Waals surface area contributed by atoms with Crippen LogP contribution in [0, 0.1) is 0 Å². The highest BCUT2D eigenvalue weighted by Gasteiger charge is 2.28. The van der Waals surface area contributed by atoms with Gasteiger partial charge < -0.3 is 15.2 Å². The van der Waals surface area contributed by atoms with Gasteiger partial charge in [-0.05, 0) is 11.1 Å². The summed E-state index contributed by atoms with van der Waals surface area (Å²) in [5.41, 5.74) is 10.8. The topological polar surface area (TPSA) is 59.4 Å². The van der Waals surface area contributed by atoms with Crippen LogP contribution in [0.1, 0.15) is 16.8 Å². The Hall–Kier alpha value is -3.86. The first-order chi connectivity index (χ1) is 14.8. The molecule has 0 atom stereocenters. The van der Waals surface area contributed by atoms with Crippen molar-refractivity contribution in [2.24, 2.45) is 10.7 Å². The lowest BCUT2D eigenvalue weighted by Gasteiger charge is -2.26. The normalized spacial score (nSPS) is 13.1. The number of aliphatic imine (C=N–C) groups is 1. The van der Waals surface area contributed by atoms with E-state index in [2.05, 4.69) is 75.1 Å². The van der Waals surface area contributed by atoms with Crippen molar-refractivity contribution in [3.8, 4) is 11.4 Å². The number of aromatic nitrogens is 2. The number of anilines is 1. The molecule has 0 saturated carbocycles. The minimum atomic E-state index is 0.504. The molecule has 1 aliphatic heterocycles. The van der Waals surface area contributed by atoms with E-state index in [0.717, 1.165) is 29.4 Å². The van der Waals surface area contributed by atoms with Crippen LogP contribution in [-0.2, 0) is 13.1 Å². The molecule has 5 heteroatoms. The zero-order chi connectivity index (χ0) is 20.3. The molecule has 1 aromatic heterocycles. The molecule has 0 fully saturated rings. The third kappa shape index (κ3) is 3.46. The molecule has 0 unspecified atom stereocenters. The molecule has 4 aromatic rings. The van der Waals surface area contributed by atoms with Gasteiger partial charge in [0, 0.05) is 18.7 Å². The monoisotopic (exact) mass is 393 g/mol. The molecule has 0 amide bonds. The number of hydrogen-bond donors (Lipinski definition) is 1. The molecule has 3 aromatic carbocycles. The predicted molar refractivity (Wildman–Crippen MR) is 121 cm³/mol. The van der Waals surface area contributed by atoms with Gasteiger partial charge in [0.05, 0.1) is 0 Å². The number of hydrogen-bond acceptors (Lipinski definition) is 4. The Morgan fingerprint density at radius 3 is 1.93 bits per heavy atom. The first kappa shape index (κ1) is 18.2. The summed E-state index contributed by atoms with van der Waals surface area (Å²) >= 11 is 0. The van der Waals surface area contributed by atoms with E-state index in [1.54, 1.807) is 0 Å². The van der Waals surface area contributed by atoms with Gasteiger partial charge in [-0.3, -0.25) is 0 Å². The third-order valence-corrected chi connectivity index (χ3v) is 5.33. The number of benzene rings is 3. The van der Waals surface area contributed by atoms with Crippen molar-refractivity contribution in [2.75, 3.05) is 11.6 Å². The van der Waals surface area contributed by atoms with Gasteiger partial charge in [0.1, 0.15) is 24.0 Å². The Bertz CT molecular complexity index is 1160. The molecule has 0 spiro atoms. The summed E-state index contributed by atoms with van der Waals surface area (Å²) in [6.07, 6.45) is 0. The van der Waals surface area contributed by atoms with Gasteiger partial charge in [-0.15, -0.1) is 0 Å². The maximum Gasteiger partial charge on any atom is 0.160 e. The largest absolute Gasteiger partial charge is 0.382 e. The summed E-state index contributed by atoms with van der Waals surface area (Å²) in [6.45, 7) is 1.92. The highest BCUT2D eigenvalue weighted by molar-refractivity contribution is 6.02. The van der Waals surface area contributed by atoms with E-state index in [1.165, 1.54) is 11.1 Å². The summed E-state index contributed by atoms with van der Waals surface area (Å²) in [7, 11) is 0. The second-order valence-corrected chi connectivity index (χ2v) is 7.41. The maximum absolute atomic E-state index is 6.41. The van der Waals surface area contributed by atoms with Crippen LogP contribution in [0.4, 0.5) is 5.82 Å². The Kier molecular flexibility index (Phi) is 4.77. The standard InChI is InChI=1S/C25H23N5/c26-23-22-25(29(18-27-23)16-19-10-4-1-5-11-19)28-24(21-14-8-3-9-15-21)30(22)17-20-12-6-2-7-13-20/h1-15H,16-18H2,(H2,26,27). The van der Waals surface area contributed by atoms with Crippen LogP contribution in [0.25, 0.3) is 11.4 Å². The van der Waals surface area contributed by atoms with Crippen molar-refractivity contribution in [3.05, 3.63) is 108 Å². The van der Waals surface area contributed by atoms with E-state index in [1.807, 2.05) is 30.3 Å². The lowest BCUT2D eigenvalue weighted by Crippen LogP contribution is -2.33. The van der Waals surface area contributed by atoms with Crippen LogP contribution in [0.5, 0.6) is 0 Å². The van der Waals surface area contributed by atoms with Gasteiger partial charge >= 0.3 is 0 Å². The lowest BCUT2D eigenvalue weighted by atomic mass is 10.2. The van der Waals surface area contributed by atoms with Crippen LogP contribution in [0.3, 0.4) is 0 Å². The summed E-state index contributed by atoms with van der Waals surface area (Å²) in [6, 6.07) is 31.1. The SMILES string of the molecule is NC1=NCN(Cc2ccccc2)c2nc(-c3ccccc3)n(Cc3ccccc3)c21. The zero-order valence-electron chi connectivity index (χ0n) is 16.6. The molecule has 2 heterocycles. The molecule has 30 heavy (non-hydrogen) atoms. The molecule has 0 bridgehead atoms. The van der Waals surface area contributed by atoms with Crippen LogP contribution >= 0.6 is 0 Å². The first-order valence-corrected chi connectivity index (χ1v) is 10.1. The third-order valence-electron chi connectivity index (χ3n) is 5.33. The predicted octanol–water partition coefficient (Wildman–Crippen LogP) is 4.28. The molecule has 0 aliphatic carbocycles. The van der Waals surface area contributed by atoms with Gasteiger partial charge in [-0.25, -0.2) is 9.98 Å². The highest BCUT2D eigenvalue weighted by Crippen LogP contribution is 2.32. The zero-order valence-corrected chi connectivity index (χ0v) is 16.6. The molecular weight excluding hydrogens is 370 g/mol. The van der Waals surface area contributed by atoms with Crippen LogP contribution in [0.2, 0.25) is 0 Å². The summed E-state index contributed by atoms with van der Waals surface area (Å²) < 4.78 is 2.19. The molecule has 2 N–H and O–H groups in total. The molecular formula is C25H23N5. The van der Waals surface area contributed by atoms with E-state index in [0.29, 0.717) is 19.0 Å². The van der Waals surface area contributed by atoms with E-state index in [4.69, 9.17) is 10.7 Å². The fourth-order valence-corrected chi connectivity index (χ4v) is 3.87. The minimum Gasteiger partial charge on any atom is -0.382 e. The van der Waals surface area contributed by atoms with Crippen LogP contribution < -0.4 is 10.6 Å². The average molecular weight is 393 g/mol. The Morgan fingerprint density at radius 1 is 0.733 bits per heavy atom. The fraction of sp³-hybridized carbons (Fsp3) is 0.120. The molecule has 5 rings (SSSR count). The maximum atomic E-state index is 6.41. The number of rotatable bonds is 5. The van der Waals surface area contributed by atoms with E-state index < -0.39 is 0 Å². The number of imidazole rings is 1. The average Bonchev–Trinajstić information content (AvgIpc) is 3.18. The fourth-order valence-electron chi connectivity index (χ4n) is 3.87. The van der Waals surface area contributed by atoms with E-state index in [9.17, 15) is 0 Å². The van der Waals surface area contributed by atoms with Crippen molar-refractivity contribution in [2.45, 2.75) is 13.1 Å². The van der Waals surface area contributed by atoms with Gasteiger partial charge in [0.2, 0.25) is 0 Å². The number of amidine groups is 1. The Morgan fingerprint density at radius 2 is 1.30 bits per heavy atom. The number of nitrogens with two attached hydrogens (primary N) is 1. The Balaban J connectivity index is 1.63. The minimum absolute atomic E-state index is 0.504. The molecule has 5 nitrogen and oxygen atoms in total. The second kappa shape index (κ2) is 7.87. The van der Waals surface area contributed by atoms with Crippen molar-refractivity contribution in [1.29, 1.82) is 0 Å². The van der Waals surface area contributed by atoms with Gasteiger partial charge in [-0.1, -0.05) is 91.0 Å². The van der Waals surface area contributed by atoms with Crippen LogP contribution in [-0.4, -0.2) is 22.1 Å². The quantitative estimate of drug-likeness (QED) is 0.550. The van der Waals surface area contributed by atoms with E-state index >= 15 is 0 Å². The smallest absolute Gasteiger partial charge is 0.160 e. The second-order valence-electron chi connectivity index (χ2n) is 7.41. The van der Waals surface area contributed by atoms with Gasteiger partial charge in [-0.2, -0.15) is 0 Å².